The molecule has 3 aromatic carbocycles. The summed E-state index contributed by atoms with van der Waals surface area (Å²) in [7, 11) is 0. The van der Waals surface area contributed by atoms with Crippen molar-refractivity contribution in [2.75, 3.05) is 28.7 Å². The number of phenols is 1. The van der Waals surface area contributed by atoms with Crippen molar-refractivity contribution in [2.24, 2.45) is 11.0 Å². The van der Waals surface area contributed by atoms with E-state index in [1.807, 2.05) is 24.3 Å². The predicted octanol–water partition coefficient (Wildman–Crippen LogP) is 7.48. The summed E-state index contributed by atoms with van der Waals surface area (Å²) in [6, 6.07) is 22.3. The SMILES string of the molecule is Cc1ccc(Nc2nc(NN=Cc3cc(Br)c(O)c(Br)c3)nc(N3CCC(Cc4ccccc4)CC3)n2)cc1.Cl. The van der Waals surface area contributed by atoms with Crippen LogP contribution in [-0.2, 0) is 6.42 Å². The number of hydrazone groups is 1. The molecule has 8 nitrogen and oxygen atoms in total. The third-order valence-corrected chi connectivity index (χ3v) is 7.82. The first kappa shape index (κ1) is 29.8. The van der Waals surface area contributed by atoms with Gasteiger partial charge in [-0.25, -0.2) is 5.43 Å². The van der Waals surface area contributed by atoms with Gasteiger partial charge in [-0.3, -0.25) is 0 Å². The first-order valence-corrected chi connectivity index (χ1v) is 14.4. The zero-order chi connectivity index (χ0) is 27.2. The van der Waals surface area contributed by atoms with Crippen LogP contribution >= 0.6 is 44.3 Å². The summed E-state index contributed by atoms with van der Waals surface area (Å²) in [6.07, 6.45) is 4.89. The van der Waals surface area contributed by atoms with Gasteiger partial charge in [0.15, 0.2) is 0 Å². The molecule has 4 aromatic rings. The molecule has 1 fully saturated rings. The smallest absolute Gasteiger partial charge is 0.250 e. The molecule has 0 atom stereocenters. The van der Waals surface area contributed by atoms with Crippen LogP contribution in [0.1, 0.15) is 29.5 Å². The Kier molecular flexibility index (Phi) is 10.4. The average molecular weight is 688 g/mol. The highest BCUT2D eigenvalue weighted by Gasteiger charge is 2.22. The number of halogens is 3. The second-order valence-electron chi connectivity index (χ2n) is 9.60. The van der Waals surface area contributed by atoms with E-state index < -0.39 is 0 Å². The van der Waals surface area contributed by atoms with Crippen molar-refractivity contribution in [3.63, 3.8) is 0 Å². The molecule has 1 saturated heterocycles. The summed E-state index contributed by atoms with van der Waals surface area (Å²) in [5.74, 6) is 2.19. The van der Waals surface area contributed by atoms with Gasteiger partial charge in [0.2, 0.25) is 17.8 Å². The minimum atomic E-state index is 0. The molecule has 0 spiro atoms. The largest absolute Gasteiger partial charge is 0.506 e. The normalized spacial score (nSPS) is 13.7. The van der Waals surface area contributed by atoms with Crippen molar-refractivity contribution >= 4 is 74.0 Å². The maximum Gasteiger partial charge on any atom is 0.250 e. The molecule has 0 saturated carbocycles. The molecule has 0 unspecified atom stereocenters. The molecule has 208 valence electrons. The third-order valence-electron chi connectivity index (χ3n) is 6.61. The lowest BCUT2D eigenvalue weighted by Gasteiger charge is -2.32. The lowest BCUT2D eigenvalue weighted by molar-refractivity contribution is 0.400. The van der Waals surface area contributed by atoms with Gasteiger partial charge in [0.05, 0.1) is 15.2 Å². The van der Waals surface area contributed by atoms with Crippen molar-refractivity contribution in [2.45, 2.75) is 26.2 Å². The molecule has 1 aliphatic rings. The van der Waals surface area contributed by atoms with Crippen LogP contribution in [0.15, 0.2) is 80.8 Å². The van der Waals surface area contributed by atoms with Gasteiger partial charge >= 0.3 is 0 Å². The first-order chi connectivity index (χ1) is 18.9. The Bertz CT molecular complexity index is 1420. The van der Waals surface area contributed by atoms with Crippen molar-refractivity contribution in [3.8, 4) is 5.75 Å². The fourth-order valence-electron chi connectivity index (χ4n) is 4.49. The quantitative estimate of drug-likeness (QED) is 0.131. The summed E-state index contributed by atoms with van der Waals surface area (Å²) < 4.78 is 1.14. The van der Waals surface area contributed by atoms with E-state index >= 15 is 0 Å². The summed E-state index contributed by atoms with van der Waals surface area (Å²) in [6.45, 7) is 3.81. The van der Waals surface area contributed by atoms with Crippen LogP contribution in [0, 0.1) is 12.8 Å². The molecule has 0 aliphatic carbocycles. The van der Waals surface area contributed by atoms with Crippen molar-refractivity contribution in [1.82, 2.24) is 15.0 Å². The highest BCUT2D eigenvalue weighted by atomic mass is 79.9. The average Bonchev–Trinajstić information content (AvgIpc) is 2.94. The zero-order valence-corrected chi connectivity index (χ0v) is 25.9. The standard InChI is InChI=1S/C29H29Br2N7O.ClH/c1-19-7-9-23(10-8-19)33-27-34-28(37-32-18-22-16-24(30)26(39)25(31)17-22)36-29(35-27)38-13-11-21(12-14-38)15-20-5-3-2-4-6-20;/h2-10,16-18,21,39H,11-15H2,1H3,(H2,33,34,35,36,37);1H. The Labute approximate surface area is 257 Å². The fraction of sp³-hybridized carbons (Fsp3) is 0.241. The van der Waals surface area contributed by atoms with Gasteiger partial charge in [0, 0.05) is 18.8 Å². The maximum atomic E-state index is 9.95. The van der Waals surface area contributed by atoms with Gasteiger partial charge in [-0.1, -0.05) is 48.0 Å². The van der Waals surface area contributed by atoms with E-state index in [0.29, 0.717) is 32.7 Å². The number of rotatable bonds is 8. The number of piperidine rings is 1. The van der Waals surface area contributed by atoms with Crippen molar-refractivity contribution < 1.29 is 5.11 Å². The Morgan fingerprint density at radius 2 is 1.60 bits per heavy atom. The summed E-state index contributed by atoms with van der Waals surface area (Å²) in [4.78, 5) is 16.2. The minimum Gasteiger partial charge on any atom is -0.506 e. The zero-order valence-electron chi connectivity index (χ0n) is 21.9. The monoisotopic (exact) mass is 685 g/mol. The van der Waals surface area contributed by atoms with Crippen LogP contribution in [-0.4, -0.2) is 39.4 Å². The Morgan fingerprint density at radius 1 is 0.950 bits per heavy atom. The van der Waals surface area contributed by atoms with Gasteiger partial charge in [-0.2, -0.15) is 20.1 Å². The minimum absolute atomic E-state index is 0. The number of benzene rings is 3. The molecular weight excluding hydrogens is 658 g/mol. The molecule has 2 heterocycles. The molecule has 5 rings (SSSR count). The van der Waals surface area contributed by atoms with E-state index in [-0.39, 0.29) is 18.2 Å². The molecule has 0 bridgehead atoms. The van der Waals surface area contributed by atoms with E-state index in [4.69, 9.17) is 4.98 Å². The van der Waals surface area contributed by atoms with E-state index in [1.165, 1.54) is 11.1 Å². The predicted molar refractivity (Wildman–Crippen MR) is 171 cm³/mol. The Morgan fingerprint density at radius 3 is 2.27 bits per heavy atom. The van der Waals surface area contributed by atoms with E-state index in [2.05, 4.69) is 99.8 Å². The van der Waals surface area contributed by atoms with Crippen molar-refractivity contribution in [1.29, 1.82) is 0 Å². The molecule has 1 aliphatic heterocycles. The number of aromatic hydroxyl groups is 1. The molecule has 1 aromatic heterocycles. The molecular formula is C29H30Br2ClN7O. The topological polar surface area (TPSA) is 98.6 Å². The van der Waals surface area contributed by atoms with Crippen LogP contribution < -0.4 is 15.6 Å². The third kappa shape index (κ3) is 7.93. The number of nitrogens with one attached hydrogen (secondary N) is 2. The molecule has 40 heavy (non-hydrogen) atoms. The lowest BCUT2D eigenvalue weighted by atomic mass is 9.90. The van der Waals surface area contributed by atoms with Crippen LogP contribution in [0.2, 0.25) is 0 Å². The summed E-state index contributed by atoms with van der Waals surface area (Å²) >= 11 is 6.69. The highest BCUT2D eigenvalue weighted by Crippen LogP contribution is 2.33. The number of anilines is 4. The van der Waals surface area contributed by atoms with Crippen LogP contribution in [0.4, 0.5) is 23.5 Å². The fourth-order valence-corrected chi connectivity index (χ4v) is 5.71. The summed E-state index contributed by atoms with van der Waals surface area (Å²) in [5, 5.41) is 17.6. The van der Waals surface area contributed by atoms with Gasteiger partial charge < -0.3 is 15.3 Å². The molecule has 0 radical (unpaired) electrons. The Balaban J connectivity index is 0.00000370. The maximum absolute atomic E-state index is 9.95. The number of phenolic OH excluding ortho intramolecular Hbond substituents is 1. The van der Waals surface area contributed by atoms with E-state index in [1.54, 1.807) is 18.3 Å². The summed E-state index contributed by atoms with van der Waals surface area (Å²) in [5.41, 5.74) is 7.20. The molecule has 3 N–H and O–H groups in total. The number of aromatic nitrogens is 3. The van der Waals surface area contributed by atoms with E-state index in [9.17, 15) is 5.11 Å². The number of nitrogens with zero attached hydrogens (tertiary/aromatic N) is 5. The highest BCUT2D eigenvalue weighted by molar-refractivity contribution is 9.11. The van der Waals surface area contributed by atoms with Gasteiger partial charge in [-0.05, 0) is 99.4 Å². The van der Waals surface area contributed by atoms with Crippen molar-refractivity contribution in [3.05, 3.63) is 92.4 Å². The van der Waals surface area contributed by atoms with Gasteiger partial charge in [-0.15, -0.1) is 12.4 Å². The van der Waals surface area contributed by atoms with Gasteiger partial charge in [0.25, 0.3) is 0 Å². The number of aryl methyl sites for hydroxylation is 1. The second-order valence-corrected chi connectivity index (χ2v) is 11.3. The first-order valence-electron chi connectivity index (χ1n) is 12.8. The van der Waals surface area contributed by atoms with Crippen LogP contribution in [0.25, 0.3) is 0 Å². The number of hydrogen-bond acceptors (Lipinski definition) is 8. The molecule has 11 heteroatoms. The van der Waals surface area contributed by atoms with Gasteiger partial charge in [0.1, 0.15) is 5.75 Å². The second kappa shape index (κ2) is 13.9. The lowest BCUT2D eigenvalue weighted by Crippen LogP contribution is -2.35. The van der Waals surface area contributed by atoms with Crippen LogP contribution in [0.3, 0.4) is 0 Å². The molecule has 0 amide bonds. The number of hydrogen-bond donors (Lipinski definition) is 3. The Hall–Kier alpha value is -3.21. The van der Waals surface area contributed by atoms with Crippen LogP contribution in [0.5, 0.6) is 5.75 Å². The van der Waals surface area contributed by atoms with E-state index in [0.717, 1.165) is 43.6 Å².